The molecule has 4 nitrogen and oxygen atoms in total. The molecule has 0 saturated heterocycles. The zero-order valence-corrected chi connectivity index (χ0v) is 13.9. The molecule has 2 aromatic carbocycles. The van der Waals surface area contributed by atoms with Gasteiger partial charge in [0.1, 0.15) is 22.8 Å². The van der Waals surface area contributed by atoms with Crippen LogP contribution in [0.4, 0.5) is 0 Å². The van der Waals surface area contributed by atoms with Gasteiger partial charge in [0, 0.05) is 24.5 Å². The first-order valence-electron chi connectivity index (χ1n) is 8.02. The molecule has 4 heteroatoms. The first kappa shape index (κ1) is 16.4. The van der Waals surface area contributed by atoms with Crippen molar-refractivity contribution in [2.45, 2.75) is 38.4 Å². The van der Waals surface area contributed by atoms with E-state index in [2.05, 4.69) is 6.08 Å². The summed E-state index contributed by atoms with van der Waals surface area (Å²) < 4.78 is 6.29. The number of aliphatic hydroxyl groups excluding tert-OH is 1. The van der Waals surface area contributed by atoms with Crippen LogP contribution in [0.25, 0.3) is 0 Å². The highest BCUT2D eigenvalue weighted by molar-refractivity contribution is 5.45. The second kappa shape index (κ2) is 6.21. The fraction of sp³-hybridized carbons (Fsp3) is 0.300. The molecule has 1 heterocycles. The predicted molar refractivity (Wildman–Crippen MR) is 92.1 cm³/mol. The Morgan fingerprint density at radius 2 is 1.92 bits per heavy atom. The zero-order valence-electron chi connectivity index (χ0n) is 13.9. The van der Waals surface area contributed by atoms with E-state index in [0.29, 0.717) is 24.2 Å². The van der Waals surface area contributed by atoms with Gasteiger partial charge in [-0.25, -0.2) is 0 Å². The SMILES string of the molecule is CC(C)=CCC1(c2cccc(O)c2)CC(O)c2ccc(O)cc2O1. The van der Waals surface area contributed by atoms with E-state index in [0.717, 1.165) is 11.1 Å². The zero-order chi connectivity index (χ0) is 17.3. The van der Waals surface area contributed by atoms with Gasteiger partial charge in [-0.15, -0.1) is 0 Å². The summed E-state index contributed by atoms with van der Waals surface area (Å²) in [4.78, 5) is 0. The minimum atomic E-state index is -0.795. The lowest BCUT2D eigenvalue weighted by Crippen LogP contribution is -2.38. The molecule has 0 bridgehead atoms. The molecule has 0 aromatic heterocycles. The predicted octanol–water partition coefficient (Wildman–Crippen LogP) is 4.17. The smallest absolute Gasteiger partial charge is 0.140 e. The maximum Gasteiger partial charge on any atom is 0.140 e. The minimum absolute atomic E-state index is 0.0925. The van der Waals surface area contributed by atoms with Crippen molar-refractivity contribution in [3.63, 3.8) is 0 Å². The number of fused-ring (bicyclic) bond motifs is 1. The molecule has 2 atom stereocenters. The number of phenols is 2. The molecule has 2 aromatic rings. The summed E-state index contributed by atoms with van der Waals surface area (Å²) in [6, 6.07) is 11.7. The number of benzene rings is 2. The first-order chi connectivity index (χ1) is 11.4. The number of hydrogen-bond donors (Lipinski definition) is 3. The number of phenolic OH excluding ortho intramolecular Hbond substituents is 2. The molecule has 0 aliphatic carbocycles. The Balaban J connectivity index is 2.11. The van der Waals surface area contributed by atoms with Gasteiger partial charge in [-0.1, -0.05) is 23.8 Å². The Kier molecular flexibility index (Phi) is 4.24. The maximum absolute atomic E-state index is 10.6. The van der Waals surface area contributed by atoms with Crippen molar-refractivity contribution < 1.29 is 20.1 Å². The van der Waals surface area contributed by atoms with E-state index in [1.54, 1.807) is 30.3 Å². The Morgan fingerprint density at radius 3 is 2.62 bits per heavy atom. The van der Waals surface area contributed by atoms with Gasteiger partial charge in [-0.05, 0) is 43.7 Å². The van der Waals surface area contributed by atoms with Crippen molar-refractivity contribution in [2.24, 2.45) is 0 Å². The standard InChI is InChI=1S/C20H22O4/c1-13(2)8-9-20(14-4-3-5-15(21)10-14)12-18(23)17-7-6-16(22)11-19(17)24-20/h3-8,10-11,18,21-23H,9,12H2,1-2H3. The fourth-order valence-electron chi connectivity index (χ4n) is 3.14. The highest BCUT2D eigenvalue weighted by Crippen LogP contribution is 2.48. The molecule has 0 radical (unpaired) electrons. The van der Waals surface area contributed by atoms with Gasteiger partial charge in [-0.3, -0.25) is 0 Å². The molecular weight excluding hydrogens is 304 g/mol. The average molecular weight is 326 g/mol. The highest BCUT2D eigenvalue weighted by atomic mass is 16.5. The van der Waals surface area contributed by atoms with Gasteiger partial charge in [0.15, 0.2) is 0 Å². The van der Waals surface area contributed by atoms with Crippen LogP contribution in [0.2, 0.25) is 0 Å². The highest BCUT2D eigenvalue weighted by Gasteiger charge is 2.41. The molecule has 3 N–H and O–H groups in total. The molecule has 0 amide bonds. The lowest BCUT2D eigenvalue weighted by atomic mass is 9.80. The minimum Gasteiger partial charge on any atom is -0.508 e. The maximum atomic E-state index is 10.6. The van der Waals surface area contributed by atoms with Crippen LogP contribution in [-0.4, -0.2) is 15.3 Å². The molecule has 1 aliphatic heterocycles. The van der Waals surface area contributed by atoms with Crippen molar-refractivity contribution in [3.8, 4) is 17.2 Å². The molecule has 0 spiro atoms. The molecule has 1 aliphatic rings. The van der Waals surface area contributed by atoms with Crippen LogP contribution in [0.5, 0.6) is 17.2 Å². The Morgan fingerprint density at radius 1 is 1.17 bits per heavy atom. The van der Waals surface area contributed by atoms with Crippen molar-refractivity contribution in [3.05, 3.63) is 65.2 Å². The van der Waals surface area contributed by atoms with Gasteiger partial charge in [0.25, 0.3) is 0 Å². The third-order valence-electron chi connectivity index (χ3n) is 4.40. The quantitative estimate of drug-likeness (QED) is 0.741. The van der Waals surface area contributed by atoms with Gasteiger partial charge in [0.05, 0.1) is 6.10 Å². The molecule has 126 valence electrons. The summed E-state index contributed by atoms with van der Waals surface area (Å²) in [5, 5.41) is 30.3. The van der Waals surface area contributed by atoms with Gasteiger partial charge in [-0.2, -0.15) is 0 Å². The lowest BCUT2D eigenvalue weighted by Gasteiger charge is -2.41. The molecule has 24 heavy (non-hydrogen) atoms. The third kappa shape index (κ3) is 3.10. The van der Waals surface area contributed by atoms with Crippen LogP contribution in [0.15, 0.2) is 54.1 Å². The fourth-order valence-corrected chi connectivity index (χ4v) is 3.14. The third-order valence-corrected chi connectivity index (χ3v) is 4.40. The largest absolute Gasteiger partial charge is 0.508 e. The van der Waals surface area contributed by atoms with Crippen molar-refractivity contribution >= 4 is 0 Å². The van der Waals surface area contributed by atoms with Crippen LogP contribution in [0.1, 0.15) is 43.9 Å². The lowest BCUT2D eigenvalue weighted by molar-refractivity contribution is -0.0168. The Hall–Kier alpha value is -2.46. The van der Waals surface area contributed by atoms with Crippen LogP contribution in [0.3, 0.4) is 0 Å². The van der Waals surface area contributed by atoms with Gasteiger partial charge >= 0.3 is 0 Å². The second-order valence-corrected chi connectivity index (χ2v) is 6.57. The van der Waals surface area contributed by atoms with E-state index in [1.165, 1.54) is 6.07 Å². The Bertz CT molecular complexity index is 777. The molecule has 0 saturated carbocycles. The van der Waals surface area contributed by atoms with Crippen LogP contribution in [-0.2, 0) is 5.60 Å². The number of aliphatic hydroxyl groups is 1. The molecule has 3 rings (SSSR count). The number of hydrogen-bond acceptors (Lipinski definition) is 4. The number of ether oxygens (including phenoxy) is 1. The normalized spacial score (nSPS) is 22.4. The van der Waals surface area contributed by atoms with Crippen molar-refractivity contribution in [1.29, 1.82) is 0 Å². The Labute approximate surface area is 141 Å². The average Bonchev–Trinajstić information content (AvgIpc) is 2.52. The monoisotopic (exact) mass is 326 g/mol. The van der Waals surface area contributed by atoms with E-state index in [4.69, 9.17) is 4.74 Å². The summed E-state index contributed by atoms with van der Waals surface area (Å²) in [7, 11) is 0. The van der Waals surface area contributed by atoms with E-state index < -0.39 is 11.7 Å². The van der Waals surface area contributed by atoms with Gasteiger partial charge < -0.3 is 20.1 Å². The van der Waals surface area contributed by atoms with Crippen molar-refractivity contribution in [1.82, 2.24) is 0 Å². The first-order valence-corrected chi connectivity index (χ1v) is 8.02. The summed E-state index contributed by atoms with van der Waals surface area (Å²) >= 11 is 0. The number of allylic oxidation sites excluding steroid dienone is 1. The van der Waals surface area contributed by atoms with E-state index in [1.807, 2.05) is 19.9 Å². The summed E-state index contributed by atoms with van der Waals surface area (Å²) in [5.74, 6) is 0.720. The van der Waals surface area contributed by atoms with E-state index in [9.17, 15) is 15.3 Å². The van der Waals surface area contributed by atoms with E-state index in [-0.39, 0.29) is 11.5 Å². The van der Waals surface area contributed by atoms with Crippen LogP contribution >= 0.6 is 0 Å². The summed E-state index contributed by atoms with van der Waals surface area (Å²) in [6.45, 7) is 4.02. The summed E-state index contributed by atoms with van der Waals surface area (Å²) in [6.07, 6.45) is 2.29. The van der Waals surface area contributed by atoms with Crippen LogP contribution < -0.4 is 4.74 Å². The van der Waals surface area contributed by atoms with Crippen LogP contribution in [0, 0.1) is 0 Å². The number of aromatic hydroxyl groups is 2. The van der Waals surface area contributed by atoms with Gasteiger partial charge in [0.2, 0.25) is 0 Å². The summed E-state index contributed by atoms with van der Waals surface area (Å²) in [5.41, 5.74) is 1.82. The second-order valence-electron chi connectivity index (χ2n) is 6.57. The number of rotatable bonds is 3. The molecular formula is C20H22O4. The van der Waals surface area contributed by atoms with Crippen molar-refractivity contribution in [2.75, 3.05) is 0 Å². The molecule has 2 unspecified atom stereocenters. The molecule has 0 fully saturated rings. The topological polar surface area (TPSA) is 69.9 Å². The van der Waals surface area contributed by atoms with E-state index >= 15 is 0 Å².